The van der Waals surface area contributed by atoms with Crippen LogP contribution in [0.3, 0.4) is 0 Å². The highest BCUT2D eigenvalue weighted by molar-refractivity contribution is 6.35. The number of carbonyl (C=O) groups excluding carboxylic acids is 1. The number of carbonyl (C=O) groups is 1. The minimum Gasteiger partial charge on any atom is -0.348 e. The summed E-state index contributed by atoms with van der Waals surface area (Å²) in [6.45, 7) is 0. The van der Waals surface area contributed by atoms with Gasteiger partial charge in [-0.1, -0.05) is 48.9 Å². The van der Waals surface area contributed by atoms with Crippen LogP contribution in [0.15, 0.2) is 30.5 Å². The maximum absolute atomic E-state index is 12.5. The lowest BCUT2D eigenvalue weighted by Gasteiger charge is -2.16. The zero-order valence-corrected chi connectivity index (χ0v) is 15.3. The second-order valence-corrected chi connectivity index (χ2v) is 7.02. The quantitative estimate of drug-likeness (QED) is 0.736. The average molecular weight is 379 g/mol. The summed E-state index contributed by atoms with van der Waals surface area (Å²) < 4.78 is 0. The highest BCUT2D eigenvalue weighted by Gasteiger charge is 2.17. The van der Waals surface area contributed by atoms with Crippen LogP contribution in [0.5, 0.6) is 0 Å². The third-order valence-corrected chi connectivity index (χ3v) is 4.82. The molecule has 132 valence electrons. The molecule has 2 N–H and O–H groups in total. The molecule has 1 aliphatic carbocycles. The minimum absolute atomic E-state index is 0.172. The molecule has 0 unspecified atom stereocenters. The molecule has 0 saturated heterocycles. The molecule has 7 heteroatoms. The molecule has 1 aliphatic rings. The fourth-order valence-electron chi connectivity index (χ4n) is 2.94. The van der Waals surface area contributed by atoms with E-state index < -0.39 is 0 Å². The van der Waals surface area contributed by atoms with E-state index in [0.717, 1.165) is 25.7 Å². The van der Waals surface area contributed by atoms with Crippen molar-refractivity contribution in [3.63, 3.8) is 0 Å². The van der Waals surface area contributed by atoms with Crippen LogP contribution < -0.4 is 10.6 Å². The largest absolute Gasteiger partial charge is 0.348 e. The first kappa shape index (κ1) is 18.0. The third kappa shape index (κ3) is 5.06. The summed E-state index contributed by atoms with van der Waals surface area (Å²) >= 11 is 12.1. The van der Waals surface area contributed by atoms with E-state index in [1.807, 2.05) is 0 Å². The fraction of sp³-hybridized carbons (Fsp3) is 0.389. The van der Waals surface area contributed by atoms with Crippen LogP contribution in [0.4, 0.5) is 11.6 Å². The van der Waals surface area contributed by atoms with E-state index in [1.54, 1.807) is 30.5 Å². The molecule has 25 heavy (non-hydrogen) atoms. The number of rotatable bonds is 4. The smallest absolute Gasteiger partial charge is 0.270 e. The van der Waals surface area contributed by atoms with Gasteiger partial charge in [-0.15, -0.1) is 0 Å². The highest BCUT2D eigenvalue weighted by Crippen LogP contribution is 2.27. The summed E-state index contributed by atoms with van der Waals surface area (Å²) in [5, 5.41) is 7.14. The van der Waals surface area contributed by atoms with Gasteiger partial charge in [0, 0.05) is 17.3 Å². The second kappa shape index (κ2) is 8.50. The van der Waals surface area contributed by atoms with E-state index in [9.17, 15) is 4.79 Å². The van der Waals surface area contributed by atoms with Crippen molar-refractivity contribution in [2.75, 3.05) is 5.32 Å². The SMILES string of the molecule is O=C(NC1CCCCCC1)c1ccnc(Nc2cc(Cl)ccc2Cl)n1. The van der Waals surface area contributed by atoms with Crippen LogP contribution >= 0.6 is 23.2 Å². The van der Waals surface area contributed by atoms with Crippen molar-refractivity contribution in [2.45, 2.75) is 44.6 Å². The molecule has 2 aromatic rings. The van der Waals surface area contributed by atoms with Crippen molar-refractivity contribution >= 4 is 40.7 Å². The number of halogens is 2. The van der Waals surface area contributed by atoms with Gasteiger partial charge in [0.2, 0.25) is 5.95 Å². The van der Waals surface area contributed by atoms with E-state index in [1.165, 1.54) is 12.8 Å². The Labute approximate surface area is 157 Å². The molecule has 5 nitrogen and oxygen atoms in total. The Morgan fingerprint density at radius 3 is 2.60 bits per heavy atom. The predicted octanol–water partition coefficient (Wildman–Crippen LogP) is 4.98. The van der Waals surface area contributed by atoms with Gasteiger partial charge in [0.25, 0.3) is 5.91 Å². The number of amides is 1. The van der Waals surface area contributed by atoms with E-state index in [-0.39, 0.29) is 11.9 Å². The molecule has 0 atom stereocenters. The number of nitrogens with one attached hydrogen (secondary N) is 2. The topological polar surface area (TPSA) is 66.9 Å². The lowest BCUT2D eigenvalue weighted by molar-refractivity contribution is 0.0928. The monoisotopic (exact) mass is 378 g/mol. The molecular weight excluding hydrogens is 359 g/mol. The highest BCUT2D eigenvalue weighted by atomic mass is 35.5. The average Bonchev–Trinajstić information content (AvgIpc) is 2.87. The number of anilines is 2. The van der Waals surface area contributed by atoms with Gasteiger partial charge in [-0.25, -0.2) is 9.97 Å². The third-order valence-electron chi connectivity index (χ3n) is 4.25. The first-order chi connectivity index (χ1) is 12.1. The lowest BCUT2D eigenvalue weighted by atomic mass is 10.1. The number of aromatic nitrogens is 2. The molecule has 1 aromatic carbocycles. The van der Waals surface area contributed by atoms with Gasteiger partial charge in [0.05, 0.1) is 10.7 Å². The standard InChI is InChI=1S/C18H20Cl2N4O/c19-12-7-8-14(20)16(11-12)24-18-21-10-9-15(23-18)17(25)22-13-5-3-1-2-4-6-13/h7-11,13H,1-6H2,(H,22,25)(H,21,23,24). The number of nitrogens with zero attached hydrogens (tertiary/aromatic N) is 2. The van der Waals surface area contributed by atoms with Crippen LogP contribution in [-0.2, 0) is 0 Å². The molecule has 3 rings (SSSR count). The number of hydrogen-bond acceptors (Lipinski definition) is 4. The van der Waals surface area contributed by atoms with Crippen molar-refractivity contribution in [1.82, 2.24) is 15.3 Å². The Kier molecular flexibility index (Phi) is 6.10. The van der Waals surface area contributed by atoms with Gasteiger partial charge in [0.15, 0.2) is 0 Å². The molecule has 0 bridgehead atoms. The van der Waals surface area contributed by atoms with Crippen LogP contribution in [0, 0.1) is 0 Å². The summed E-state index contributed by atoms with van der Waals surface area (Å²) in [4.78, 5) is 20.9. The summed E-state index contributed by atoms with van der Waals surface area (Å²) in [6.07, 6.45) is 8.42. The summed E-state index contributed by atoms with van der Waals surface area (Å²) in [7, 11) is 0. The molecule has 1 saturated carbocycles. The van der Waals surface area contributed by atoms with E-state index in [4.69, 9.17) is 23.2 Å². The molecule has 1 aromatic heterocycles. The van der Waals surface area contributed by atoms with E-state index in [2.05, 4.69) is 20.6 Å². The Morgan fingerprint density at radius 1 is 1.08 bits per heavy atom. The fourth-order valence-corrected chi connectivity index (χ4v) is 3.28. The first-order valence-electron chi connectivity index (χ1n) is 8.48. The van der Waals surface area contributed by atoms with Crippen molar-refractivity contribution < 1.29 is 4.79 Å². The molecule has 1 fully saturated rings. The van der Waals surface area contributed by atoms with Gasteiger partial charge < -0.3 is 10.6 Å². The van der Waals surface area contributed by atoms with Gasteiger partial charge in [-0.3, -0.25) is 4.79 Å². The van der Waals surface area contributed by atoms with E-state index >= 15 is 0 Å². The van der Waals surface area contributed by atoms with Gasteiger partial charge in [0.1, 0.15) is 5.69 Å². The zero-order chi connectivity index (χ0) is 17.6. The van der Waals surface area contributed by atoms with Crippen LogP contribution in [0.25, 0.3) is 0 Å². The predicted molar refractivity (Wildman–Crippen MR) is 101 cm³/mol. The molecule has 0 spiro atoms. The maximum atomic E-state index is 12.5. The number of benzene rings is 1. The van der Waals surface area contributed by atoms with Crippen LogP contribution in [0.2, 0.25) is 10.0 Å². The summed E-state index contributed by atoms with van der Waals surface area (Å²) in [5.41, 5.74) is 0.926. The second-order valence-electron chi connectivity index (χ2n) is 6.18. The van der Waals surface area contributed by atoms with Gasteiger partial charge >= 0.3 is 0 Å². The van der Waals surface area contributed by atoms with Crippen molar-refractivity contribution in [3.05, 3.63) is 46.2 Å². The summed E-state index contributed by atoms with van der Waals surface area (Å²) in [5.74, 6) is 0.132. The van der Waals surface area contributed by atoms with Gasteiger partial charge in [-0.05, 0) is 37.1 Å². The molecule has 0 radical (unpaired) electrons. The lowest BCUT2D eigenvalue weighted by Crippen LogP contribution is -2.35. The maximum Gasteiger partial charge on any atom is 0.270 e. The van der Waals surface area contributed by atoms with Crippen LogP contribution in [0.1, 0.15) is 49.0 Å². The zero-order valence-electron chi connectivity index (χ0n) is 13.8. The molecular formula is C18H20Cl2N4O. The Hall–Kier alpha value is -1.85. The first-order valence-corrected chi connectivity index (χ1v) is 9.23. The molecule has 1 heterocycles. The molecule has 0 aliphatic heterocycles. The normalized spacial score (nSPS) is 15.4. The minimum atomic E-state index is -0.172. The van der Waals surface area contributed by atoms with Crippen molar-refractivity contribution in [2.24, 2.45) is 0 Å². The van der Waals surface area contributed by atoms with Crippen molar-refractivity contribution in [1.29, 1.82) is 0 Å². The van der Waals surface area contributed by atoms with Crippen LogP contribution in [-0.4, -0.2) is 21.9 Å². The van der Waals surface area contributed by atoms with Gasteiger partial charge in [-0.2, -0.15) is 0 Å². The number of hydrogen-bond donors (Lipinski definition) is 2. The van der Waals surface area contributed by atoms with Crippen molar-refractivity contribution in [3.8, 4) is 0 Å². The molecule has 1 amide bonds. The summed E-state index contributed by atoms with van der Waals surface area (Å²) in [6, 6.07) is 6.91. The Morgan fingerprint density at radius 2 is 1.84 bits per heavy atom. The van der Waals surface area contributed by atoms with E-state index in [0.29, 0.717) is 27.4 Å². The Balaban J connectivity index is 1.70. The Bertz CT molecular complexity index is 746.